The molecule has 0 radical (unpaired) electrons. The summed E-state index contributed by atoms with van der Waals surface area (Å²) in [4.78, 5) is 11.9. The van der Waals surface area contributed by atoms with E-state index in [1.54, 1.807) is 7.11 Å². The lowest BCUT2D eigenvalue weighted by atomic mass is 9.87. The molecule has 0 aliphatic rings. The van der Waals surface area contributed by atoms with E-state index in [4.69, 9.17) is 9.47 Å². The van der Waals surface area contributed by atoms with Gasteiger partial charge >= 0.3 is 5.97 Å². The van der Waals surface area contributed by atoms with Crippen molar-refractivity contribution in [3.8, 4) is 17.2 Å². The Bertz CT molecular complexity index is 962. The summed E-state index contributed by atoms with van der Waals surface area (Å²) in [5, 5.41) is 10.4. The number of benzene rings is 2. The number of carboxylic acid groups (broad SMARTS) is 1. The van der Waals surface area contributed by atoms with Gasteiger partial charge in [0.25, 0.3) is 0 Å². The molecule has 1 N–H and O–H groups in total. The van der Waals surface area contributed by atoms with Crippen molar-refractivity contribution in [2.24, 2.45) is 0 Å². The fraction of sp³-hybridized carbons (Fsp3) is 0.286. The van der Waals surface area contributed by atoms with Crippen molar-refractivity contribution in [1.29, 1.82) is 0 Å². The highest BCUT2D eigenvalue weighted by Crippen LogP contribution is 2.43. The number of fused-ring (bicyclic) bond motifs is 1. The molecule has 1 heterocycles. The summed E-state index contributed by atoms with van der Waals surface area (Å²) in [6.45, 7) is 8.37. The molecule has 5 heteroatoms. The summed E-state index contributed by atoms with van der Waals surface area (Å²) in [6, 6.07) is 11.6. The lowest BCUT2D eigenvalue weighted by Gasteiger charge is -2.19. The minimum Gasteiger partial charge on any atom is -0.496 e. The highest BCUT2D eigenvalue weighted by molar-refractivity contribution is 7.21. The van der Waals surface area contributed by atoms with Crippen LogP contribution in [0.2, 0.25) is 0 Å². The zero-order chi connectivity index (χ0) is 19.1. The maximum atomic E-state index is 11.7. The molecule has 0 amide bonds. The van der Waals surface area contributed by atoms with Gasteiger partial charge < -0.3 is 14.6 Å². The van der Waals surface area contributed by atoms with Crippen LogP contribution in [-0.4, -0.2) is 18.2 Å². The number of hydrogen-bond donors (Lipinski definition) is 1. The molecule has 0 bridgehead atoms. The zero-order valence-electron chi connectivity index (χ0n) is 15.5. The topological polar surface area (TPSA) is 55.8 Å². The molecule has 0 aliphatic carbocycles. The molecule has 2 aromatic carbocycles. The minimum atomic E-state index is -0.996. The van der Waals surface area contributed by atoms with Gasteiger partial charge in [0.2, 0.25) is 0 Å². The summed E-state index contributed by atoms with van der Waals surface area (Å²) in [7, 11) is 1.61. The molecule has 0 spiro atoms. The van der Waals surface area contributed by atoms with E-state index >= 15 is 0 Å². The average molecular weight is 370 g/mol. The van der Waals surface area contributed by atoms with Gasteiger partial charge in [0.1, 0.15) is 11.5 Å². The second kappa shape index (κ2) is 6.65. The maximum Gasteiger partial charge on any atom is 0.349 e. The van der Waals surface area contributed by atoms with E-state index in [1.165, 1.54) is 16.9 Å². The molecule has 1 aromatic heterocycles. The van der Waals surface area contributed by atoms with Crippen LogP contribution in [0, 0.1) is 6.92 Å². The third-order valence-corrected chi connectivity index (χ3v) is 5.42. The molecule has 0 saturated heterocycles. The molecule has 26 heavy (non-hydrogen) atoms. The van der Waals surface area contributed by atoms with Gasteiger partial charge in [-0.1, -0.05) is 32.9 Å². The maximum absolute atomic E-state index is 11.7. The lowest BCUT2D eigenvalue weighted by Crippen LogP contribution is -2.10. The van der Waals surface area contributed by atoms with Gasteiger partial charge in [0.05, 0.1) is 7.11 Å². The van der Waals surface area contributed by atoms with E-state index in [9.17, 15) is 9.90 Å². The summed E-state index contributed by atoms with van der Waals surface area (Å²) in [5.74, 6) is 0.737. The predicted molar refractivity (Wildman–Crippen MR) is 105 cm³/mol. The van der Waals surface area contributed by atoms with Crippen molar-refractivity contribution in [3.05, 3.63) is 52.4 Å². The van der Waals surface area contributed by atoms with Crippen LogP contribution in [0.4, 0.5) is 0 Å². The number of thiophene rings is 1. The molecular weight excluding hydrogens is 348 g/mol. The van der Waals surface area contributed by atoms with Crippen LogP contribution in [-0.2, 0) is 5.41 Å². The van der Waals surface area contributed by atoms with Crippen LogP contribution in [0.15, 0.2) is 36.4 Å². The van der Waals surface area contributed by atoms with Crippen molar-refractivity contribution in [3.63, 3.8) is 0 Å². The Kier molecular flexibility index (Phi) is 4.67. The minimum absolute atomic E-state index is 0.0491. The molecule has 0 atom stereocenters. The van der Waals surface area contributed by atoms with E-state index in [0.717, 1.165) is 21.4 Å². The highest BCUT2D eigenvalue weighted by Gasteiger charge is 2.22. The quantitative estimate of drug-likeness (QED) is 0.611. The third kappa shape index (κ3) is 3.40. The van der Waals surface area contributed by atoms with Crippen molar-refractivity contribution < 1.29 is 19.4 Å². The van der Waals surface area contributed by atoms with Crippen molar-refractivity contribution >= 4 is 27.4 Å². The molecule has 4 nitrogen and oxygen atoms in total. The van der Waals surface area contributed by atoms with Crippen molar-refractivity contribution in [1.82, 2.24) is 0 Å². The fourth-order valence-corrected chi connectivity index (χ4v) is 3.79. The fourth-order valence-electron chi connectivity index (χ4n) is 2.81. The first-order valence-electron chi connectivity index (χ1n) is 8.33. The highest BCUT2D eigenvalue weighted by atomic mass is 32.1. The molecule has 136 valence electrons. The predicted octanol–water partition coefficient (Wildman–Crippen LogP) is 6.01. The molecular formula is C21H22O4S. The Balaban J connectivity index is 2.07. The Labute approximate surface area is 157 Å². The number of carbonyl (C=O) groups is 1. The van der Waals surface area contributed by atoms with E-state index in [2.05, 4.69) is 20.8 Å². The largest absolute Gasteiger partial charge is 0.496 e. The van der Waals surface area contributed by atoms with Gasteiger partial charge in [-0.15, -0.1) is 11.3 Å². The monoisotopic (exact) mass is 370 g/mol. The number of aromatic carboxylic acids is 1. The second-order valence-corrected chi connectivity index (χ2v) is 8.31. The summed E-state index contributed by atoms with van der Waals surface area (Å²) in [6.07, 6.45) is 0. The first kappa shape index (κ1) is 18.3. The number of aryl methyl sites for hydroxylation is 1. The molecule has 3 aromatic rings. The smallest absolute Gasteiger partial charge is 0.349 e. The van der Waals surface area contributed by atoms with E-state index in [0.29, 0.717) is 11.5 Å². The van der Waals surface area contributed by atoms with Crippen LogP contribution in [0.5, 0.6) is 17.2 Å². The van der Waals surface area contributed by atoms with Gasteiger partial charge in [-0.05, 0) is 47.7 Å². The molecule has 0 saturated carbocycles. The van der Waals surface area contributed by atoms with Crippen LogP contribution < -0.4 is 9.47 Å². The van der Waals surface area contributed by atoms with Gasteiger partial charge in [0, 0.05) is 10.1 Å². The Morgan fingerprint density at radius 2 is 1.77 bits per heavy atom. The van der Waals surface area contributed by atoms with E-state index in [-0.39, 0.29) is 10.3 Å². The average Bonchev–Trinajstić information content (AvgIpc) is 2.91. The second-order valence-electron chi connectivity index (χ2n) is 7.26. The Morgan fingerprint density at radius 3 is 2.31 bits per heavy atom. The summed E-state index contributed by atoms with van der Waals surface area (Å²) < 4.78 is 12.2. The van der Waals surface area contributed by atoms with Crippen LogP contribution in [0.25, 0.3) is 10.1 Å². The van der Waals surface area contributed by atoms with E-state index < -0.39 is 5.97 Å². The molecule has 0 unspecified atom stereocenters. The molecule has 0 aliphatic heterocycles. The number of hydrogen-bond acceptors (Lipinski definition) is 4. The number of ether oxygens (including phenoxy) is 2. The molecule has 3 rings (SSSR count). The summed E-state index contributed by atoms with van der Waals surface area (Å²) in [5.41, 5.74) is 2.18. The number of carboxylic acids is 1. The van der Waals surface area contributed by atoms with Crippen LogP contribution in [0.1, 0.15) is 41.6 Å². The van der Waals surface area contributed by atoms with Gasteiger partial charge in [-0.2, -0.15) is 0 Å². The van der Waals surface area contributed by atoms with Crippen molar-refractivity contribution in [2.45, 2.75) is 33.1 Å². The SMILES string of the molecule is COc1cc2sc(C(=O)O)c(Oc3ccc(C(C)(C)C)cc3)c2cc1C. The third-order valence-electron chi connectivity index (χ3n) is 4.29. The number of rotatable bonds is 4. The van der Waals surface area contributed by atoms with Crippen LogP contribution in [0.3, 0.4) is 0 Å². The first-order valence-corrected chi connectivity index (χ1v) is 9.15. The van der Waals surface area contributed by atoms with E-state index in [1.807, 2.05) is 43.3 Å². The van der Waals surface area contributed by atoms with Crippen LogP contribution >= 0.6 is 11.3 Å². The van der Waals surface area contributed by atoms with Crippen molar-refractivity contribution in [2.75, 3.05) is 7.11 Å². The normalized spacial score (nSPS) is 11.6. The zero-order valence-corrected chi connectivity index (χ0v) is 16.4. The first-order chi connectivity index (χ1) is 12.2. The summed E-state index contributed by atoms with van der Waals surface area (Å²) >= 11 is 1.19. The Morgan fingerprint density at radius 1 is 1.12 bits per heavy atom. The van der Waals surface area contributed by atoms with Gasteiger partial charge in [0.15, 0.2) is 10.6 Å². The molecule has 0 fully saturated rings. The van der Waals surface area contributed by atoms with Gasteiger partial charge in [-0.3, -0.25) is 0 Å². The number of methoxy groups -OCH3 is 1. The Hall–Kier alpha value is -2.53. The van der Waals surface area contributed by atoms with Gasteiger partial charge in [-0.25, -0.2) is 4.79 Å². The lowest BCUT2D eigenvalue weighted by molar-refractivity contribution is 0.0700. The standard InChI is InChI=1S/C21H22O4S/c1-12-10-15-17(11-16(12)24-5)26-19(20(22)23)18(15)25-14-8-6-13(7-9-14)21(2,3)4/h6-11H,1-5H3,(H,22,23).